The Hall–Kier alpha value is -1.39. The van der Waals surface area contributed by atoms with Crippen LogP contribution >= 0.6 is 15.9 Å². The third-order valence-corrected chi connectivity index (χ3v) is 2.70. The van der Waals surface area contributed by atoms with Gasteiger partial charge in [0.05, 0.1) is 6.26 Å². The van der Waals surface area contributed by atoms with Crippen LogP contribution in [0.4, 0.5) is 0 Å². The van der Waals surface area contributed by atoms with Gasteiger partial charge in [-0.25, -0.2) is 0 Å². The zero-order valence-electron chi connectivity index (χ0n) is 9.06. The highest BCUT2D eigenvalue weighted by Gasteiger charge is 2.06. The van der Waals surface area contributed by atoms with E-state index in [1.165, 1.54) is 0 Å². The Morgan fingerprint density at radius 2 is 2.18 bits per heavy atom. The molecule has 0 saturated heterocycles. The lowest BCUT2D eigenvalue weighted by Gasteiger charge is -2.02. The second-order valence-corrected chi connectivity index (χ2v) is 4.42. The van der Waals surface area contributed by atoms with E-state index in [9.17, 15) is 4.79 Å². The molecule has 0 aliphatic carbocycles. The van der Waals surface area contributed by atoms with E-state index in [1.807, 2.05) is 18.2 Å². The van der Waals surface area contributed by atoms with Gasteiger partial charge in [-0.3, -0.25) is 4.79 Å². The molecule has 2 aromatic rings. The number of carbonyl (C=O) groups excluding carboxylic acids is 1. The Balaban J connectivity index is 1.85. The number of hydrogen-bond donors (Lipinski definition) is 0. The molecule has 0 aliphatic heterocycles. The van der Waals surface area contributed by atoms with Gasteiger partial charge in [-0.2, -0.15) is 0 Å². The molecule has 0 N–H and O–H groups in total. The van der Waals surface area contributed by atoms with Crippen molar-refractivity contribution in [2.75, 3.05) is 6.61 Å². The monoisotopic (exact) mass is 294 g/mol. The van der Waals surface area contributed by atoms with Gasteiger partial charge in [0.25, 0.3) is 0 Å². The molecule has 0 atom stereocenters. The second kappa shape index (κ2) is 5.80. The Kier molecular flexibility index (Phi) is 4.12. The number of ether oxygens (including phenoxy) is 1. The fourth-order valence-electron chi connectivity index (χ4n) is 1.38. The van der Waals surface area contributed by atoms with Crippen molar-refractivity contribution in [1.29, 1.82) is 0 Å². The summed E-state index contributed by atoms with van der Waals surface area (Å²) in [4.78, 5) is 11.7. The van der Waals surface area contributed by atoms with Crippen molar-refractivity contribution in [3.05, 3.63) is 58.5 Å². The van der Waals surface area contributed by atoms with Crippen LogP contribution in [0.15, 0.2) is 51.6 Å². The molecule has 0 amide bonds. The van der Waals surface area contributed by atoms with Gasteiger partial charge in [-0.05, 0) is 24.3 Å². The maximum Gasteiger partial charge on any atom is 0.188 e. The molecule has 4 heteroatoms. The quantitative estimate of drug-likeness (QED) is 0.793. The van der Waals surface area contributed by atoms with E-state index < -0.39 is 0 Å². The smallest absolute Gasteiger partial charge is 0.188 e. The first-order chi connectivity index (χ1) is 8.25. The molecule has 0 spiro atoms. The molecule has 1 aromatic carbocycles. The molecule has 3 nitrogen and oxygen atoms in total. The summed E-state index contributed by atoms with van der Waals surface area (Å²) in [6.45, 7) is 0.365. The Morgan fingerprint density at radius 1 is 1.29 bits per heavy atom. The van der Waals surface area contributed by atoms with Crippen LogP contribution in [0.25, 0.3) is 0 Å². The number of hydrogen-bond acceptors (Lipinski definition) is 3. The normalized spacial score (nSPS) is 10.4. The standard InChI is InChI=1S/C13H11BrO3/c14-11-4-1-3-10(7-11)13(15)9-16-8-12-5-2-6-17-12/h1-7H,8-9H2. The first-order valence-electron chi connectivity index (χ1n) is 5.14. The zero-order valence-corrected chi connectivity index (χ0v) is 10.6. The first-order valence-corrected chi connectivity index (χ1v) is 5.94. The summed E-state index contributed by atoms with van der Waals surface area (Å²) in [6.07, 6.45) is 1.58. The fourth-order valence-corrected chi connectivity index (χ4v) is 1.78. The van der Waals surface area contributed by atoms with Crippen LogP contribution in [0.5, 0.6) is 0 Å². The van der Waals surface area contributed by atoms with Gasteiger partial charge in [0, 0.05) is 10.0 Å². The van der Waals surface area contributed by atoms with Crippen molar-refractivity contribution in [1.82, 2.24) is 0 Å². The van der Waals surface area contributed by atoms with Crippen molar-refractivity contribution in [2.45, 2.75) is 6.61 Å². The number of Topliss-reactive ketones (excluding diaryl/α,β-unsaturated/α-hetero) is 1. The van der Waals surface area contributed by atoms with E-state index in [0.29, 0.717) is 17.9 Å². The summed E-state index contributed by atoms with van der Waals surface area (Å²) in [7, 11) is 0. The molecule has 88 valence electrons. The Labute approximate surface area is 108 Å². The van der Waals surface area contributed by atoms with E-state index in [4.69, 9.17) is 9.15 Å². The fraction of sp³-hybridized carbons (Fsp3) is 0.154. The molecule has 0 unspecified atom stereocenters. The highest BCUT2D eigenvalue weighted by atomic mass is 79.9. The van der Waals surface area contributed by atoms with Gasteiger partial charge in [-0.1, -0.05) is 28.1 Å². The number of halogens is 1. The number of benzene rings is 1. The van der Waals surface area contributed by atoms with Gasteiger partial charge in [-0.15, -0.1) is 0 Å². The number of furan rings is 1. The minimum absolute atomic E-state index is 0.0437. The van der Waals surface area contributed by atoms with Crippen LogP contribution in [0.2, 0.25) is 0 Å². The molecule has 1 aromatic heterocycles. The Morgan fingerprint density at radius 3 is 2.88 bits per heavy atom. The van der Waals surface area contributed by atoms with Crippen molar-refractivity contribution in [2.24, 2.45) is 0 Å². The summed E-state index contributed by atoms with van der Waals surface area (Å²) in [6, 6.07) is 10.8. The van der Waals surface area contributed by atoms with Crippen molar-refractivity contribution in [3.63, 3.8) is 0 Å². The van der Waals surface area contributed by atoms with Crippen LogP contribution < -0.4 is 0 Å². The predicted octanol–water partition coefficient (Wildman–Crippen LogP) is 3.44. The minimum atomic E-state index is -0.0437. The molecule has 0 radical (unpaired) electrons. The predicted molar refractivity (Wildman–Crippen MR) is 66.8 cm³/mol. The average Bonchev–Trinajstić information content (AvgIpc) is 2.82. The summed E-state index contributed by atoms with van der Waals surface area (Å²) in [5, 5.41) is 0. The van der Waals surface area contributed by atoms with Crippen molar-refractivity contribution >= 4 is 21.7 Å². The second-order valence-electron chi connectivity index (χ2n) is 3.51. The molecular weight excluding hydrogens is 284 g/mol. The van der Waals surface area contributed by atoms with Crippen LogP contribution in [-0.2, 0) is 11.3 Å². The van der Waals surface area contributed by atoms with Gasteiger partial charge < -0.3 is 9.15 Å². The summed E-state index contributed by atoms with van der Waals surface area (Å²) in [5.41, 5.74) is 0.638. The first kappa shape index (κ1) is 12.1. The molecular formula is C13H11BrO3. The topological polar surface area (TPSA) is 39.4 Å². The summed E-state index contributed by atoms with van der Waals surface area (Å²) in [5.74, 6) is 0.671. The lowest BCUT2D eigenvalue weighted by atomic mass is 10.1. The van der Waals surface area contributed by atoms with Gasteiger partial charge >= 0.3 is 0 Å². The van der Waals surface area contributed by atoms with E-state index in [-0.39, 0.29) is 12.4 Å². The molecule has 0 saturated carbocycles. The van der Waals surface area contributed by atoms with Gasteiger partial charge in [0.1, 0.15) is 19.0 Å². The SMILES string of the molecule is O=C(COCc1ccco1)c1cccc(Br)c1. The lowest BCUT2D eigenvalue weighted by molar-refractivity contribution is 0.0691. The largest absolute Gasteiger partial charge is 0.467 e. The summed E-state index contributed by atoms with van der Waals surface area (Å²) < 4.78 is 11.3. The van der Waals surface area contributed by atoms with Crippen LogP contribution in [-0.4, -0.2) is 12.4 Å². The van der Waals surface area contributed by atoms with Crippen molar-refractivity contribution < 1.29 is 13.9 Å². The van der Waals surface area contributed by atoms with E-state index in [0.717, 1.165) is 4.47 Å². The third-order valence-electron chi connectivity index (χ3n) is 2.20. The molecule has 0 bridgehead atoms. The van der Waals surface area contributed by atoms with E-state index >= 15 is 0 Å². The Bertz CT molecular complexity index is 491. The molecule has 0 fully saturated rings. The maximum atomic E-state index is 11.7. The van der Waals surface area contributed by atoms with E-state index in [2.05, 4.69) is 15.9 Å². The molecule has 17 heavy (non-hydrogen) atoms. The average molecular weight is 295 g/mol. The highest BCUT2D eigenvalue weighted by Crippen LogP contribution is 2.12. The number of ketones is 1. The van der Waals surface area contributed by atoms with Crippen LogP contribution in [0, 0.1) is 0 Å². The van der Waals surface area contributed by atoms with Crippen molar-refractivity contribution in [3.8, 4) is 0 Å². The summed E-state index contributed by atoms with van der Waals surface area (Å²) >= 11 is 3.32. The van der Waals surface area contributed by atoms with Crippen LogP contribution in [0.3, 0.4) is 0 Å². The number of carbonyl (C=O) groups is 1. The zero-order chi connectivity index (χ0) is 12.1. The van der Waals surface area contributed by atoms with Crippen LogP contribution in [0.1, 0.15) is 16.1 Å². The number of rotatable bonds is 5. The van der Waals surface area contributed by atoms with Gasteiger partial charge in [0.15, 0.2) is 5.78 Å². The molecule has 0 aliphatic rings. The molecule has 2 rings (SSSR count). The highest BCUT2D eigenvalue weighted by molar-refractivity contribution is 9.10. The lowest BCUT2D eigenvalue weighted by Crippen LogP contribution is -2.08. The van der Waals surface area contributed by atoms with E-state index in [1.54, 1.807) is 24.5 Å². The molecule has 1 heterocycles. The minimum Gasteiger partial charge on any atom is -0.467 e. The third kappa shape index (κ3) is 3.54. The maximum absolute atomic E-state index is 11.7. The van der Waals surface area contributed by atoms with Gasteiger partial charge in [0.2, 0.25) is 0 Å².